The molecule has 9 heteroatoms. The van der Waals surface area contributed by atoms with Crippen LogP contribution >= 0.6 is 11.3 Å². The number of urea groups is 1. The second-order valence-electron chi connectivity index (χ2n) is 5.54. The quantitative estimate of drug-likeness (QED) is 0.694. The van der Waals surface area contributed by atoms with Crippen LogP contribution in [0.1, 0.15) is 40.6 Å². The summed E-state index contributed by atoms with van der Waals surface area (Å²) in [6.45, 7) is 4.31. The number of esters is 1. The van der Waals surface area contributed by atoms with Crippen LogP contribution in [0.3, 0.4) is 0 Å². The molecule has 0 radical (unpaired) electrons. The van der Waals surface area contributed by atoms with Gasteiger partial charge in [-0.1, -0.05) is 0 Å². The molecule has 0 saturated heterocycles. The summed E-state index contributed by atoms with van der Waals surface area (Å²) in [5.74, 6) is -1.75. The normalized spacial score (nSPS) is 13.1. The highest BCUT2D eigenvalue weighted by Crippen LogP contribution is 2.32. The lowest BCUT2D eigenvalue weighted by Gasteiger charge is -2.08. The Morgan fingerprint density at radius 3 is 2.46 bits per heavy atom. The third kappa shape index (κ3) is 4.79. The van der Waals surface area contributed by atoms with E-state index in [4.69, 9.17) is 4.74 Å². The molecule has 1 heterocycles. The van der Waals surface area contributed by atoms with Crippen molar-refractivity contribution in [1.29, 1.82) is 0 Å². The molecule has 1 aliphatic carbocycles. The second kappa shape index (κ2) is 7.43. The lowest BCUT2D eigenvalue weighted by atomic mass is 10.1. The summed E-state index contributed by atoms with van der Waals surface area (Å²) in [5.41, 5.74) is 0.906. The maximum Gasteiger partial charge on any atom is 0.341 e. The first-order valence-corrected chi connectivity index (χ1v) is 8.24. The molecular weight excluding hydrogens is 334 g/mol. The molecule has 130 valence electrons. The smallest absolute Gasteiger partial charge is 0.341 e. The van der Waals surface area contributed by atoms with Crippen LogP contribution in [0, 0.1) is 13.8 Å². The van der Waals surface area contributed by atoms with Gasteiger partial charge in [-0.3, -0.25) is 14.9 Å². The molecule has 1 aromatic heterocycles. The van der Waals surface area contributed by atoms with Crippen molar-refractivity contribution in [1.82, 2.24) is 10.6 Å². The Bertz CT molecular complexity index is 694. The maximum absolute atomic E-state index is 12.2. The molecular formula is C15H19N3O5S. The number of carbonyl (C=O) groups excluding carboxylic acids is 4. The Hall–Kier alpha value is -2.42. The lowest BCUT2D eigenvalue weighted by Crippen LogP contribution is -2.42. The van der Waals surface area contributed by atoms with E-state index in [-0.39, 0.29) is 17.5 Å². The predicted octanol–water partition coefficient (Wildman–Crippen LogP) is 1.47. The molecule has 4 amide bonds. The number of nitrogens with one attached hydrogen (secondary N) is 3. The number of aryl methyl sites for hydroxylation is 1. The molecule has 0 aliphatic heterocycles. The predicted molar refractivity (Wildman–Crippen MR) is 88.1 cm³/mol. The van der Waals surface area contributed by atoms with Crippen LogP contribution in [-0.4, -0.2) is 36.5 Å². The van der Waals surface area contributed by atoms with Gasteiger partial charge in [-0.2, -0.15) is 0 Å². The van der Waals surface area contributed by atoms with E-state index in [2.05, 4.69) is 16.0 Å². The minimum atomic E-state index is -0.724. The van der Waals surface area contributed by atoms with Gasteiger partial charge in [0.1, 0.15) is 5.00 Å². The fraction of sp³-hybridized carbons (Fsp3) is 0.467. The van der Waals surface area contributed by atoms with E-state index in [1.807, 2.05) is 6.92 Å². The molecule has 8 nitrogen and oxygen atoms in total. The number of anilines is 1. The zero-order valence-corrected chi connectivity index (χ0v) is 14.5. The van der Waals surface area contributed by atoms with Gasteiger partial charge in [0, 0.05) is 17.8 Å². The summed E-state index contributed by atoms with van der Waals surface area (Å²) in [6, 6.07) is -0.475. The first-order valence-electron chi connectivity index (χ1n) is 7.43. The highest BCUT2D eigenvalue weighted by atomic mass is 32.1. The van der Waals surface area contributed by atoms with Gasteiger partial charge in [0.2, 0.25) is 5.91 Å². The number of hydrogen-bond donors (Lipinski definition) is 3. The summed E-state index contributed by atoms with van der Waals surface area (Å²) in [5, 5.41) is 7.64. The van der Waals surface area contributed by atoms with E-state index in [0.29, 0.717) is 10.6 Å². The van der Waals surface area contributed by atoms with E-state index >= 15 is 0 Å². The van der Waals surface area contributed by atoms with E-state index in [1.165, 1.54) is 18.3 Å². The first-order chi connectivity index (χ1) is 11.3. The van der Waals surface area contributed by atoms with Gasteiger partial charge in [0.05, 0.1) is 5.56 Å². The molecule has 24 heavy (non-hydrogen) atoms. The van der Waals surface area contributed by atoms with Crippen LogP contribution in [0.4, 0.5) is 9.80 Å². The Morgan fingerprint density at radius 1 is 1.21 bits per heavy atom. The van der Waals surface area contributed by atoms with E-state index < -0.39 is 24.5 Å². The number of carbonyl (C=O) groups is 4. The number of thiophene rings is 1. The van der Waals surface area contributed by atoms with Gasteiger partial charge in [-0.05, 0) is 32.3 Å². The van der Waals surface area contributed by atoms with Crippen molar-refractivity contribution < 1.29 is 23.9 Å². The highest BCUT2D eigenvalue weighted by Gasteiger charge is 2.25. The molecule has 2 rings (SSSR count). The van der Waals surface area contributed by atoms with Crippen molar-refractivity contribution in [2.45, 2.75) is 39.7 Å². The summed E-state index contributed by atoms with van der Waals surface area (Å²) >= 11 is 1.26. The van der Waals surface area contributed by atoms with E-state index in [1.54, 1.807) is 6.92 Å². The Kier molecular flexibility index (Phi) is 5.55. The van der Waals surface area contributed by atoms with Crippen LogP contribution in [0.5, 0.6) is 0 Å². The monoisotopic (exact) mass is 353 g/mol. The van der Waals surface area contributed by atoms with Gasteiger partial charge < -0.3 is 15.4 Å². The number of hydrogen-bond acceptors (Lipinski definition) is 6. The Morgan fingerprint density at radius 2 is 1.88 bits per heavy atom. The average molecular weight is 353 g/mol. The van der Waals surface area contributed by atoms with Crippen molar-refractivity contribution in [3.63, 3.8) is 0 Å². The molecule has 1 aliphatic rings. The van der Waals surface area contributed by atoms with Gasteiger partial charge in [-0.25, -0.2) is 9.59 Å². The molecule has 1 fully saturated rings. The fourth-order valence-electron chi connectivity index (χ4n) is 1.94. The van der Waals surface area contributed by atoms with Gasteiger partial charge in [-0.15, -0.1) is 11.3 Å². The van der Waals surface area contributed by atoms with Crippen LogP contribution in [0.25, 0.3) is 0 Å². The maximum atomic E-state index is 12.2. The van der Waals surface area contributed by atoms with Crippen molar-refractivity contribution in [3.8, 4) is 0 Å². The van der Waals surface area contributed by atoms with Crippen molar-refractivity contribution in [2.75, 3.05) is 11.9 Å². The van der Waals surface area contributed by atoms with Crippen LogP contribution in [0.15, 0.2) is 0 Å². The van der Waals surface area contributed by atoms with E-state index in [9.17, 15) is 19.2 Å². The standard InChI is InChI=1S/C15H19N3O5S/c1-7-8(2)24-13(16-9(3)19)12(7)14(21)23-6-11(20)18-15(22)17-10-4-5-10/h10H,4-6H2,1-3H3,(H,16,19)(H2,17,18,20,22). The first kappa shape index (κ1) is 17.9. The van der Waals surface area contributed by atoms with Crippen LogP contribution < -0.4 is 16.0 Å². The number of rotatable bonds is 5. The molecule has 1 saturated carbocycles. The topological polar surface area (TPSA) is 114 Å². The lowest BCUT2D eigenvalue weighted by molar-refractivity contribution is -0.123. The average Bonchev–Trinajstić information content (AvgIpc) is 3.23. The van der Waals surface area contributed by atoms with Gasteiger partial charge in [0.25, 0.3) is 5.91 Å². The number of imide groups is 1. The zero-order chi connectivity index (χ0) is 17.9. The summed E-state index contributed by atoms with van der Waals surface area (Å²) < 4.78 is 4.95. The van der Waals surface area contributed by atoms with Crippen molar-refractivity contribution in [2.24, 2.45) is 0 Å². The largest absolute Gasteiger partial charge is 0.452 e. The number of amides is 4. The third-order valence-corrected chi connectivity index (χ3v) is 4.50. The number of ether oxygens (including phenoxy) is 1. The van der Waals surface area contributed by atoms with Crippen LogP contribution in [-0.2, 0) is 14.3 Å². The summed E-state index contributed by atoms with van der Waals surface area (Å²) in [4.78, 5) is 47.3. The third-order valence-electron chi connectivity index (χ3n) is 3.38. The Labute approximate surface area is 142 Å². The molecule has 0 bridgehead atoms. The second-order valence-corrected chi connectivity index (χ2v) is 6.77. The van der Waals surface area contributed by atoms with Gasteiger partial charge in [0.15, 0.2) is 6.61 Å². The molecule has 0 spiro atoms. The van der Waals surface area contributed by atoms with Gasteiger partial charge >= 0.3 is 12.0 Å². The van der Waals surface area contributed by atoms with Crippen molar-refractivity contribution in [3.05, 3.63) is 16.0 Å². The minimum Gasteiger partial charge on any atom is -0.452 e. The SMILES string of the molecule is CC(=O)Nc1sc(C)c(C)c1C(=O)OCC(=O)NC(=O)NC1CC1. The molecule has 0 aromatic carbocycles. The highest BCUT2D eigenvalue weighted by molar-refractivity contribution is 7.16. The molecule has 0 unspecified atom stereocenters. The molecule has 3 N–H and O–H groups in total. The molecule has 1 aromatic rings. The van der Waals surface area contributed by atoms with Crippen LogP contribution in [0.2, 0.25) is 0 Å². The van der Waals surface area contributed by atoms with Crippen molar-refractivity contribution >= 4 is 40.2 Å². The zero-order valence-electron chi connectivity index (χ0n) is 13.6. The minimum absolute atomic E-state index is 0.122. The Balaban J connectivity index is 1.92. The van der Waals surface area contributed by atoms with E-state index in [0.717, 1.165) is 17.7 Å². The molecule has 0 atom stereocenters. The summed E-state index contributed by atoms with van der Waals surface area (Å²) in [7, 11) is 0. The summed E-state index contributed by atoms with van der Waals surface area (Å²) in [6.07, 6.45) is 1.80. The fourth-order valence-corrected chi connectivity index (χ4v) is 3.03.